The molecular weight excluding hydrogens is 258 g/mol. The molecule has 2 heterocycles. The van der Waals surface area contributed by atoms with Gasteiger partial charge < -0.3 is 4.90 Å². The molecule has 0 unspecified atom stereocenters. The standard InChI is InChI=1S/C14H17N3OS/c1-10(2)5-8-17-12(13(18)16-14(17)19)9-11-3-6-15-7-4-11/h3-4,6-7,9-10H,5,8H2,1-2H3,(H,16,18,19)/b12-9+. The van der Waals surface area contributed by atoms with E-state index in [4.69, 9.17) is 12.2 Å². The third-order valence-corrected chi connectivity index (χ3v) is 3.25. The Morgan fingerprint density at radius 2 is 2.11 bits per heavy atom. The second kappa shape index (κ2) is 5.93. The van der Waals surface area contributed by atoms with Crippen LogP contribution in [0.25, 0.3) is 6.08 Å². The molecule has 1 saturated heterocycles. The lowest BCUT2D eigenvalue weighted by atomic mass is 10.1. The van der Waals surface area contributed by atoms with E-state index in [1.165, 1.54) is 0 Å². The van der Waals surface area contributed by atoms with Gasteiger partial charge in [-0.15, -0.1) is 0 Å². The molecule has 100 valence electrons. The van der Waals surface area contributed by atoms with Crippen LogP contribution in [-0.4, -0.2) is 27.4 Å². The molecular formula is C14H17N3OS. The van der Waals surface area contributed by atoms with E-state index in [2.05, 4.69) is 24.1 Å². The van der Waals surface area contributed by atoms with Gasteiger partial charge in [0.05, 0.1) is 0 Å². The summed E-state index contributed by atoms with van der Waals surface area (Å²) < 4.78 is 0. The van der Waals surface area contributed by atoms with Gasteiger partial charge in [-0.1, -0.05) is 13.8 Å². The molecule has 1 aromatic rings. The summed E-state index contributed by atoms with van der Waals surface area (Å²) >= 11 is 5.20. The molecule has 5 heteroatoms. The van der Waals surface area contributed by atoms with E-state index in [0.29, 0.717) is 16.7 Å². The molecule has 2 rings (SSSR count). The normalized spacial score (nSPS) is 17.4. The summed E-state index contributed by atoms with van der Waals surface area (Å²) in [4.78, 5) is 17.8. The molecule has 1 aliphatic heterocycles. The molecule has 0 atom stereocenters. The zero-order valence-electron chi connectivity index (χ0n) is 11.1. The average Bonchev–Trinajstić information content (AvgIpc) is 2.63. The lowest BCUT2D eigenvalue weighted by molar-refractivity contribution is -0.115. The van der Waals surface area contributed by atoms with Crippen LogP contribution >= 0.6 is 12.2 Å². The summed E-state index contributed by atoms with van der Waals surface area (Å²) in [6.07, 6.45) is 6.24. The summed E-state index contributed by atoms with van der Waals surface area (Å²) in [5.41, 5.74) is 1.55. The van der Waals surface area contributed by atoms with Crippen molar-refractivity contribution in [3.63, 3.8) is 0 Å². The monoisotopic (exact) mass is 275 g/mol. The number of pyridine rings is 1. The molecule has 1 amide bonds. The summed E-state index contributed by atoms with van der Waals surface area (Å²) in [5.74, 6) is 0.436. The van der Waals surface area contributed by atoms with Crippen LogP contribution in [0.15, 0.2) is 30.2 Å². The quantitative estimate of drug-likeness (QED) is 0.676. The topological polar surface area (TPSA) is 45.2 Å². The number of nitrogens with one attached hydrogen (secondary N) is 1. The van der Waals surface area contributed by atoms with Gasteiger partial charge in [0.25, 0.3) is 5.91 Å². The number of carbonyl (C=O) groups excluding carboxylic acids is 1. The van der Waals surface area contributed by atoms with Crippen molar-refractivity contribution in [2.75, 3.05) is 6.54 Å². The minimum atomic E-state index is -0.134. The van der Waals surface area contributed by atoms with E-state index in [1.807, 2.05) is 23.1 Å². The Kier molecular flexibility index (Phi) is 4.27. The van der Waals surface area contributed by atoms with Crippen molar-refractivity contribution in [3.8, 4) is 0 Å². The number of amides is 1. The number of carbonyl (C=O) groups is 1. The van der Waals surface area contributed by atoms with Gasteiger partial charge in [-0.05, 0) is 48.3 Å². The molecule has 1 fully saturated rings. The van der Waals surface area contributed by atoms with Crippen LogP contribution in [0, 0.1) is 5.92 Å². The summed E-state index contributed by atoms with van der Waals surface area (Å²) in [7, 11) is 0. The first-order valence-electron chi connectivity index (χ1n) is 6.32. The van der Waals surface area contributed by atoms with Crippen molar-refractivity contribution in [2.45, 2.75) is 20.3 Å². The number of nitrogens with zero attached hydrogens (tertiary/aromatic N) is 2. The zero-order valence-corrected chi connectivity index (χ0v) is 11.9. The van der Waals surface area contributed by atoms with Crippen molar-refractivity contribution in [1.82, 2.24) is 15.2 Å². The first kappa shape index (κ1) is 13.7. The highest BCUT2D eigenvalue weighted by Gasteiger charge is 2.29. The van der Waals surface area contributed by atoms with Crippen LogP contribution in [-0.2, 0) is 4.79 Å². The molecule has 1 aliphatic rings. The largest absolute Gasteiger partial charge is 0.314 e. The van der Waals surface area contributed by atoms with E-state index < -0.39 is 0 Å². The van der Waals surface area contributed by atoms with Crippen LogP contribution in [0.4, 0.5) is 0 Å². The minimum absolute atomic E-state index is 0.134. The summed E-state index contributed by atoms with van der Waals surface area (Å²) in [5, 5.41) is 3.19. The number of aromatic nitrogens is 1. The smallest absolute Gasteiger partial charge is 0.274 e. The maximum Gasteiger partial charge on any atom is 0.274 e. The minimum Gasteiger partial charge on any atom is -0.314 e. The van der Waals surface area contributed by atoms with Crippen LogP contribution < -0.4 is 5.32 Å². The van der Waals surface area contributed by atoms with Gasteiger partial charge in [0, 0.05) is 18.9 Å². The highest BCUT2D eigenvalue weighted by Crippen LogP contribution is 2.18. The highest BCUT2D eigenvalue weighted by atomic mass is 32.1. The number of thiocarbonyl (C=S) groups is 1. The van der Waals surface area contributed by atoms with Gasteiger partial charge in [0.1, 0.15) is 5.70 Å². The fraction of sp³-hybridized carbons (Fsp3) is 0.357. The Labute approximate surface area is 118 Å². The maximum absolute atomic E-state index is 11.9. The number of hydrogen-bond acceptors (Lipinski definition) is 3. The van der Waals surface area contributed by atoms with Crippen molar-refractivity contribution in [1.29, 1.82) is 0 Å². The highest BCUT2D eigenvalue weighted by molar-refractivity contribution is 7.80. The molecule has 0 spiro atoms. The van der Waals surface area contributed by atoms with Crippen LogP contribution in [0.1, 0.15) is 25.8 Å². The van der Waals surface area contributed by atoms with E-state index in [9.17, 15) is 4.79 Å². The molecule has 0 aliphatic carbocycles. The fourth-order valence-electron chi connectivity index (χ4n) is 1.83. The Morgan fingerprint density at radius 3 is 2.74 bits per heavy atom. The van der Waals surface area contributed by atoms with E-state index in [0.717, 1.165) is 18.5 Å². The van der Waals surface area contributed by atoms with Gasteiger partial charge >= 0.3 is 0 Å². The predicted molar refractivity (Wildman–Crippen MR) is 79.1 cm³/mol. The van der Waals surface area contributed by atoms with Crippen LogP contribution in [0.3, 0.4) is 0 Å². The molecule has 0 saturated carbocycles. The third kappa shape index (κ3) is 3.38. The Bertz CT molecular complexity index is 511. The van der Waals surface area contributed by atoms with E-state index in [1.54, 1.807) is 12.4 Å². The van der Waals surface area contributed by atoms with Gasteiger partial charge in [-0.25, -0.2) is 0 Å². The summed E-state index contributed by atoms with van der Waals surface area (Å²) in [6, 6.07) is 3.73. The van der Waals surface area contributed by atoms with E-state index >= 15 is 0 Å². The Hall–Kier alpha value is -1.75. The molecule has 0 radical (unpaired) electrons. The first-order chi connectivity index (χ1) is 9.08. The van der Waals surface area contributed by atoms with Crippen LogP contribution in [0.5, 0.6) is 0 Å². The lowest BCUT2D eigenvalue weighted by Crippen LogP contribution is -2.28. The predicted octanol–water partition coefficient (Wildman–Crippen LogP) is 2.19. The molecule has 19 heavy (non-hydrogen) atoms. The van der Waals surface area contributed by atoms with E-state index in [-0.39, 0.29) is 5.91 Å². The maximum atomic E-state index is 11.9. The zero-order chi connectivity index (χ0) is 13.8. The van der Waals surface area contributed by atoms with Gasteiger partial charge in [-0.2, -0.15) is 0 Å². The van der Waals surface area contributed by atoms with Gasteiger partial charge in [0.2, 0.25) is 0 Å². The second-order valence-corrected chi connectivity index (χ2v) is 5.29. The SMILES string of the molecule is CC(C)CCN1C(=S)NC(=O)/C1=C\c1ccncc1. The third-order valence-electron chi connectivity index (χ3n) is 2.93. The average molecular weight is 275 g/mol. The molecule has 1 N–H and O–H groups in total. The second-order valence-electron chi connectivity index (χ2n) is 4.90. The molecule has 4 nitrogen and oxygen atoms in total. The van der Waals surface area contributed by atoms with Crippen molar-refractivity contribution < 1.29 is 4.79 Å². The van der Waals surface area contributed by atoms with Crippen molar-refractivity contribution in [3.05, 3.63) is 35.8 Å². The van der Waals surface area contributed by atoms with Crippen molar-refractivity contribution in [2.24, 2.45) is 5.92 Å². The first-order valence-corrected chi connectivity index (χ1v) is 6.73. The van der Waals surface area contributed by atoms with Crippen LogP contribution in [0.2, 0.25) is 0 Å². The lowest BCUT2D eigenvalue weighted by Gasteiger charge is -2.18. The Balaban J connectivity index is 2.22. The fourth-order valence-corrected chi connectivity index (χ4v) is 2.11. The van der Waals surface area contributed by atoms with Gasteiger partial charge in [0.15, 0.2) is 5.11 Å². The molecule has 0 bridgehead atoms. The molecule has 0 aromatic carbocycles. The molecule has 1 aromatic heterocycles. The summed E-state index contributed by atoms with van der Waals surface area (Å²) in [6.45, 7) is 5.06. The number of rotatable bonds is 4. The van der Waals surface area contributed by atoms with Crippen molar-refractivity contribution >= 4 is 29.3 Å². The van der Waals surface area contributed by atoms with Gasteiger partial charge in [-0.3, -0.25) is 15.1 Å². The Morgan fingerprint density at radius 1 is 1.42 bits per heavy atom. The number of hydrogen-bond donors (Lipinski definition) is 1.